The number of rotatable bonds is 4. The molecule has 2 aromatic rings. The number of imidazole rings is 1. The Balaban J connectivity index is 2.61. The van der Waals surface area contributed by atoms with Gasteiger partial charge in [-0.1, -0.05) is 6.92 Å². The number of fused-ring (bicyclic) bond motifs is 1. The largest absolute Gasteiger partial charge is 0.478 e. The van der Waals surface area contributed by atoms with Gasteiger partial charge >= 0.3 is 12.1 Å². The third kappa shape index (κ3) is 2.92. The second kappa shape index (κ2) is 5.15. The number of carboxylic acid groups (broad SMARTS) is 1. The van der Waals surface area contributed by atoms with Crippen LogP contribution in [-0.4, -0.2) is 26.8 Å². The van der Waals surface area contributed by atoms with Crippen molar-refractivity contribution in [2.75, 3.05) is 0 Å². The molecule has 0 aliphatic carbocycles. The smallest absolute Gasteiger partial charge is 0.406 e. The number of aromatic nitrogens is 2. The molecule has 0 amide bonds. The molecule has 0 bridgehead atoms. The van der Waals surface area contributed by atoms with E-state index in [4.69, 9.17) is 5.11 Å². The minimum absolute atomic E-state index is 0.0520. The molecular formula is C13H13F3N2O2. The van der Waals surface area contributed by atoms with Crippen molar-refractivity contribution in [2.45, 2.75) is 32.5 Å². The summed E-state index contributed by atoms with van der Waals surface area (Å²) in [5.41, 5.74) is 0.525. The van der Waals surface area contributed by atoms with Gasteiger partial charge in [-0.3, -0.25) is 0 Å². The molecule has 2 rings (SSSR count). The van der Waals surface area contributed by atoms with Gasteiger partial charge in [-0.2, -0.15) is 13.2 Å². The van der Waals surface area contributed by atoms with Crippen LogP contribution < -0.4 is 0 Å². The third-order valence-electron chi connectivity index (χ3n) is 2.89. The van der Waals surface area contributed by atoms with Crippen LogP contribution in [0.2, 0.25) is 0 Å². The lowest BCUT2D eigenvalue weighted by Crippen LogP contribution is -2.19. The highest BCUT2D eigenvalue weighted by atomic mass is 19.4. The number of carbonyl (C=O) groups is 1. The lowest BCUT2D eigenvalue weighted by atomic mass is 10.2. The van der Waals surface area contributed by atoms with E-state index in [2.05, 4.69) is 4.98 Å². The van der Waals surface area contributed by atoms with E-state index in [1.54, 1.807) is 0 Å². The molecule has 0 fully saturated rings. The van der Waals surface area contributed by atoms with Crippen molar-refractivity contribution in [3.05, 3.63) is 29.6 Å². The zero-order chi connectivity index (χ0) is 14.9. The SMILES string of the molecule is CCCc1nc2ccc(C(=O)O)cc2n1CC(F)(F)F. The van der Waals surface area contributed by atoms with Gasteiger partial charge in [0.1, 0.15) is 12.4 Å². The molecule has 1 aromatic heterocycles. The van der Waals surface area contributed by atoms with Crippen molar-refractivity contribution < 1.29 is 23.1 Å². The van der Waals surface area contributed by atoms with E-state index in [-0.39, 0.29) is 11.1 Å². The second-order valence-electron chi connectivity index (χ2n) is 4.49. The van der Waals surface area contributed by atoms with Gasteiger partial charge < -0.3 is 9.67 Å². The van der Waals surface area contributed by atoms with Gasteiger partial charge in [-0.15, -0.1) is 0 Å². The van der Waals surface area contributed by atoms with Crippen molar-refractivity contribution in [1.29, 1.82) is 0 Å². The molecule has 4 nitrogen and oxygen atoms in total. The Labute approximate surface area is 112 Å². The zero-order valence-corrected chi connectivity index (χ0v) is 10.7. The summed E-state index contributed by atoms with van der Waals surface area (Å²) < 4.78 is 39.0. The molecule has 108 valence electrons. The Morgan fingerprint density at radius 3 is 2.65 bits per heavy atom. The van der Waals surface area contributed by atoms with Crippen LogP contribution in [0.15, 0.2) is 18.2 Å². The highest BCUT2D eigenvalue weighted by Crippen LogP contribution is 2.25. The van der Waals surface area contributed by atoms with Gasteiger partial charge in [0.2, 0.25) is 0 Å². The van der Waals surface area contributed by atoms with Gasteiger partial charge in [0.25, 0.3) is 0 Å². The van der Waals surface area contributed by atoms with E-state index >= 15 is 0 Å². The van der Waals surface area contributed by atoms with E-state index in [0.29, 0.717) is 24.2 Å². The van der Waals surface area contributed by atoms with E-state index in [1.165, 1.54) is 18.2 Å². The van der Waals surface area contributed by atoms with Crippen molar-refractivity contribution in [3.63, 3.8) is 0 Å². The van der Waals surface area contributed by atoms with E-state index in [9.17, 15) is 18.0 Å². The first-order chi connectivity index (χ1) is 9.31. The van der Waals surface area contributed by atoms with E-state index < -0.39 is 18.7 Å². The summed E-state index contributed by atoms with van der Waals surface area (Å²) in [6.07, 6.45) is -3.31. The number of alkyl halides is 3. The molecule has 0 saturated heterocycles. The standard InChI is InChI=1S/C13H13F3N2O2/c1-2-3-11-17-9-5-4-8(12(19)20)6-10(9)18(11)7-13(14,15)16/h4-6H,2-3,7H2,1H3,(H,19,20). The number of aryl methyl sites for hydroxylation is 1. The van der Waals surface area contributed by atoms with Crippen LogP contribution in [-0.2, 0) is 13.0 Å². The van der Waals surface area contributed by atoms with Crippen LogP contribution in [0.4, 0.5) is 13.2 Å². The van der Waals surface area contributed by atoms with Gasteiger partial charge in [0, 0.05) is 6.42 Å². The van der Waals surface area contributed by atoms with Crippen LogP contribution in [0, 0.1) is 0 Å². The Morgan fingerprint density at radius 1 is 1.40 bits per heavy atom. The molecule has 0 aliphatic heterocycles. The van der Waals surface area contributed by atoms with Crippen molar-refractivity contribution in [3.8, 4) is 0 Å². The molecule has 0 radical (unpaired) electrons. The van der Waals surface area contributed by atoms with Gasteiger partial charge in [0.05, 0.1) is 16.6 Å². The number of nitrogens with zero attached hydrogens (tertiary/aromatic N) is 2. The van der Waals surface area contributed by atoms with Crippen molar-refractivity contribution in [2.24, 2.45) is 0 Å². The first kappa shape index (κ1) is 14.4. The molecule has 20 heavy (non-hydrogen) atoms. The summed E-state index contributed by atoms with van der Waals surface area (Å²) in [4.78, 5) is 15.1. The zero-order valence-electron chi connectivity index (χ0n) is 10.7. The second-order valence-corrected chi connectivity index (χ2v) is 4.49. The minimum atomic E-state index is -4.38. The number of halogens is 3. The molecule has 0 saturated carbocycles. The Morgan fingerprint density at radius 2 is 2.10 bits per heavy atom. The lowest BCUT2D eigenvalue weighted by molar-refractivity contribution is -0.140. The Kier molecular flexibility index (Phi) is 3.69. The fraction of sp³-hybridized carbons (Fsp3) is 0.385. The quantitative estimate of drug-likeness (QED) is 0.938. The molecule has 0 unspecified atom stereocenters. The maximum Gasteiger partial charge on any atom is 0.406 e. The summed E-state index contributed by atoms with van der Waals surface area (Å²) in [7, 11) is 0. The van der Waals surface area contributed by atoms with Crippen LogP contribution in [0.3, 0.4) is 0 Å². The molecule has 0 aliphatic rings. The highest BCUT2D eigenvalue weighted by Gasteiger charge is 2.30. The lowest BCUT2D eigenvalue weighted by Gasteiger charge is -2.11. The maximum atomic E-state index is 12.7. The van der Waals surface area contributed by atoms with Crippen LogP contribution in [0.25, 0.3) is 11.0 Å². The topological polar surface area (TPSA) is 55.1 Å². The molecule has 7 heteroatoms. The molecule has 1 N–H and O–H groups in total. The molecule has 0 atom stereocenters. The first-order valence-corrected chi connectivity index (χ1v) is 6.11. The normalized spacial score (nSPS) is 12.0. The number of hydrogen-bond acceptors (Lipinski definition) is 2. The van der Waals surface area contributed by atoms with Crippen LogP contribution in [0.5, 0.6) is 0 Å². The fourth-order valence-corrected chi connectivity index (χ4v) is 2.08. The Hall–Kier alpha value is -2.05. The van der Waals surface area contributed by atoms with E-state index in [0.717, 1.165) is 4.57 Å². The average Bonchev–Trinajstić information content (AvgIpc) is 2.65. The number of carboxylic acids is 1. The molecule has 0 spiro atoms. The minimum Gasteiger partial charge on any atom is -0.478 e. The van der Waals surface area contributed by atoms with Crippen molar-refractivity contribution >= 4 is 17.0 Å². The van der Waals surface area contributed by atoms with Crippen molar-refractivity contribution in [1.82, 2.24) is 9.55 Å². The Bertz CT molecular complexity index is 647. The maximum absolute atomic E-state index is 12.7. The fourth-order valence-electron chi connectivity index (χ4n) is 2.08. The van der Waals surface area contributed by atoms with Gasteiger partial charge in [-0.25, -0.2) is 9.78 Å². The third-order valence-corrected chi connectivity index (χ3v) is 2.89. The highest BCUT2D eigenvalue weighted by molar-refractivity contribution is 5.92. The summed E-state index contributed by atoms with van der Waals surface area (Å²) >= 11 is 0. The number of hydrogen-bond donors (Lipinski definition) is 1. The van der Waals surface area contributed by atoms with Crippen LogP contribution in [0.1, 0.15) is 29.5 Å². The van der Waals surface area contributed by atoms with Gasteiger partial charge in [-0.05, 0) is 24.6 Å². The predicted octanol–water partition coefficient (Wildman–Crippen LogP) is 3.25. The monoisotopic (exact) mass is 286 g/mol. The molecular weight excluding hydrogens is 273 g/mol. The summed E-state index contributed by atoms with van der Waals surface area (Å²) in [5, 5.41) is 8.93. The number of benzene rings is 1. The first-order valence-electron chi connectivity index (χ1n) is 6.11. The predicted molar refractivity (Wildman–Crippen MR) is 66.7 cm³/mol. The summed E-state index contributed by atoms with van der Waals surface area (Å²) in [5.74, 6) is -0.855. The summed E-state index contributed by atoms with van der Waals surface area (Å²) in [6, 6.07) is 4.01. The van der Waals surface area contributed by atoms with Crippen LogP contribution >= 0.6 is 0 Å². The summed E-state index contributed by atoms with van der Waals surface area (Å²) in [6.45, 7) is 0.682. The molecule has 1 heterocycles. The molecule has 1 aromatic carbocycles. The van der Waals surface area contributed by atoms with E-state index in [1.807, 2.05) is 6.92 Å². The average molecular weight is 286 g/mol. The number of aromatic carboxylic acids is 1. The van der Waals surface area contributed by atoms with Gasteiger partial charge in [0.15, 0.2) is 0 Å².